The normalized spacial score (nSPS) is 18.9. The van der Waals surface area contributed by atoms with Crippen molar-refractivity contribution >= 4 is 5.97 Å². The fraction of sp³-hybridized carbons (Fsp3) is 0.833. The summed E-state index contributed by atoms with van der Waals surface area (Å²) in [5.41, 5.74) is 0. The van der Waals surface area contributed by atoms with Gasteiger partial charge < -0.3 is 35.4 Å². The van der Waals surface area contributed by atoms with Crippen molar-refractivity contribution in [1.82, 2.24) is 0 Å². The van der Waals surface area contributed by atoms with E-state index in [2.05, 4.69) is 0 Å². The van der Waals surface area contributed by atoms with Gasteiger partial charge in [-0.3, -0.25) is 0 Å². The molecule has 0 fully saturated rings. The third kappa shape index (κ3) is 5.12. The van der Waals surface area contributed by atoms with Gasteiger partial charge in [0, 0.05) is 0 Å². The Labute approximate surface area is 122 Å². The summed E-state index contributed by atoms with van der Waals surface area (Å²) in [6, 6.07) is 0. The second-order valence-corrected chi connectivity index (χ2v) is 2.49. The van der Waals surface area contributed by atoms with Crippen molar-refractivity contribution in [2.24, 2.45) is 0 Å². The van der Waals surface area contributed by atoms with Crippen LogP contribution in [0.15, 0.2) is 0 Å². The molecule has 4 atom stereocenters. The second kappa shape index (κ2) is 8.10. The SMILES string of the molecule is O=C([O-])[C@@H](O)[C@H](O)[C@@H](O)[C@H](O)CO.[K+]. The number of carboxylic acid groups (broad SMARTS) is 1. The van der Waals surface area contributed by atoms with Crippen LogP contribution < -0.4 is 56.5 Å². The third-order valence-electron chi connectivity index (χ3n) is 1.50. The number of carbonyl (C=O) groups excluding carboxylic acids is 1. The second-order valence-electron chi connectivity index (χ2n) is 2.49. The summed E-state index contributed by atoms with van der Waals surface area (Å²) in [7, 11) is 0. The molecule has 0 aromatic rings. The van der Waals surface area contributed by atoms with Crippen molar-refractivity contribution in [2.75, 3.05) is 6.61 Å². The van der Waals surface area contributed by atoms with Gasteiger partial charge in [-0.15, -0.1) is 0 Å². The zero-order valence-corrected chi connectivity index (χ0v) is 10.7. The number of rotatable bonds is 5. The van der Waals surface area contributed by atoms with Crippen molar-refractivity contribution in [2.45, 2.75) is 24.4 Å². The number of carboxylic acids is 1. The zero-order valence-electron chi connectivity index (χ0n) is 7.57. The van der Waals surface area contributed by atoms with Crippen molar-refractivity contribution in [3.63, 3.8) is 0 Å². The molecular weight excluding hydrogens is 223 g/mol. The number of carbonyl (C=O) groups is 1. The molecule has 0 saturated heterocycles. The van der Waals surface area contributed by atoms with Gasteiger partial charge in [0.25, 0.3) is 0 Å². The minimum Gasteiger partial charge on any atom is -0.547 e. The van der Waals surface area contributed by atoms with Gasteiger partial charge in [0.2, 0.25) is 0 Å². The van der Waals surface area contributed by atoms with Crippen LogP contribution in [0.4, 0.5) is 0 Å². The molecule has 8 heteroatoms. The van der Waals surface area contributed by atoms with Gasteiger partial charge in [-0.2, -0.15) is 0 Å². The monoisotopic (exact) mass is 234 g/mol. The number of hydrogen-bond donors (Lipinski definition) is 5. The fourth-order valence-electron chi connectivity index (χ4n) is 0.662. The first kappa shape index (κ1) is 17.3. The van der Waals surface area contributed by atoms with E-state index in [-0.39, 0.29) is 51.4 Å². The molecule has 0 amide bonds. The van der Waals surface area contributed by atoms with Crippen LogP contribution in [0.3, 0.4) is 0 Å². The van der Waals surface area contributed by atoms with Crippen LogP contribution in [0.25, 0.3) is 0 Å². The molecule has 78 valence electrons. The molecule has 5 N–H and O–H groups in total. The molecule has 0 bridgehead atoms. The molecular formula is C6H11KO7. The molecule has 0 rings (SSSR count). The van der Waals surface area contributed by atoms with Crippen molar-refractivity contribution < 1.29 is 86.8 Å². The summed E-state index contributed by atoms with van der Waals surface area (Å²) in [6.45, 7) is -0.863. The molecule has 0 radical (unpaired) electrons. The van der Waals surface area contributed by atoms with Gasteiger partial charge >= 0.3 is 51.4 Å². The molecule has 0 heterocycles. The van der Waals surface area contributed by atoms with Crippen molar-refractivity contribution in [1.29, 1.82) is 0 Å². The van der Waals surface area contributed by atoms with Gasteiger partial charge in [0.05, 0.1) is 12.6 Å². The summed E-state index contributed by atoms with van der Waals surface area (Å²) < 4.78 is 0. The molecule has 14 heavy (non-hydrogen) atoms. The minimum absolute atomic E-state index is 0. The van der Waals surface area contributed by atoms with Crippen LogP contribution in [-0.2, 0) is 4.79 Å². The topological polar surface area (TPSA) is 141 Å². The Kier molecular flexibility index (Phi) is 10.0. The first-order chi connectivity index (χ1) is 5.91. The average molecular weight is 234 g/mol. The first-order valence-corrected chi connectivity index (χ1v) is 3.45. The van der Waals surface area contributed by atoms with Crippen LogP contribution in [0.2, 0.25) is 0 Å². The fourth-order valence-corrected chi connectivity index (χ4v) is 0.662. The van der Waals surface area contributed by atoms with Gasteiger partial charge in [-0.25, -0.2) is 0 Å². The van der Waals surface area contributed by atoms with E-state index in [1.54, 1.807) is 0 Å². The Hall–Kier alpha value is 0.906. The summed E-state index contributed by atoms with van der Waals surface area (Å²) in [5, 5.41) is 53.4. The Bertz CT molecular complexity index is 176. The number of aliphatic hydroxyl groups is 5. The Balaban J connectivity index is 0. The summed E-state index contributed by atoms with van der Waals surface area (Å²) in [6.07, 6.45) is -8.08. The molecule has 0 aliphatic heterocycles. The van der Waals surface area contributed by atoms with E-state index in [1.807, 2.05) is 0 Å². The predicted octanol–water partition coefficient (Wildman–Crippen LogP) is -7.82. The van der Waals surface area contributed by atoms with Crippen LogP contribution in [0, 0.1) is 0 Å². The smallest absolute Gasteiger partial charge is 0.547 e. The maximum atomic E-state index is 9.98. The molecule has 7 nitrogen and oxygen atoms in total. The quantitative estimate of drug-likeness (QED) is 0.297. The molecule has 0 unspecified atom stereocenters. The molecule has 0 saturated carbocycles. The van der Waals surface area contributed by atoms with Crippen molar-refractivity contribution in [3.8, 4) is 0 Å². The van der Waals surface area contributed by atoms with E-state index in [0.717, 1.165) is 0 Å². The van der Waals surface area contributed by atoms with Gasteiger partial charge in [-0.05, 0) is 0 Å². The van der Waals surface area contributed by atoms with E-state index in [9.17, 15) is 9.90 Å². The van der Waals surface area contributed by atoms with Gasteiger partial charge in [0.1, 0.15) is 24.4 Å². The molecule has 0 spiro atoms. The molecule has 0 aromatic carbocycles. The van der Waals surface area contributed by atoms with E-state index in [0.29, 0.717) is 0 Å². The minimum atomic E-state index is -2.31. The number of aliphatic carboxylic acids is 1. The average Bonchev–Trinajstić information content (AvgIpc) is 2.12. The summed E-state index contributed by atoms with van der Waals surface area (Å²) in [5.74, 6) is -1.98. The maximum absolute atomic E-state index is 9.98. The third-order valence-corrected chi connectivity index (χ3v) is 1.50. The standard InChI is InChI=1S/C6H12O7.K/c7-1-2(8)3(9)4(10)5(11)6(12)13;/h2-5,7-11H,1H2,(H,12,13);/q;+1/p-1/t2-,3+,4-,5+;/m1./s1. The molecule has 0 aromatic heterocycles. The van der Waals surface area contributed by atoms with Crippen LogP contribution in [0.5, 0.6) is 0 Å². The van der Waals surface area contributed by atoms with Crippen LogP contribution >= 0.6 is 0 Å². The Morgan fingerprint density at radius 1 is 1.14 bits per heavy atom. The van der Waals surface area contributed by atoms with Crippen LogP contribution in [-0.4, -0.2) is 62.5 Å². The maximum Gasteiger partial charge on any atom is 1.00 e. The van der Waals surface area contributed by atoms with E-state index >= 15 is 0 Å². The van der Waals surface area contributed by atoms with Gasteiger partial charge in [0.15, 0.2) is 0 Å². The van der Waals surface area contributed by atoms with E-state index in [1.165, 1.54) is 0 Å². The predicted molar refractivity (Wildman–Crippen MR) is 36.1 cm³/mol. The Morgan fingerprint density at radius 3 is 1.86 bits per heavy atom. The number of aliphatic hydroxyl groups excluding tert-OH is 5. The summed E-state index contributed by atoms with van der Waals surface area (Å²) >= 11 is 0. The summed E-state index contributed by atoms with van der Waals surface area (Å²) in [4.78, 5) is 9.98. The molecule has 0 aliphatic carbocycles. The largest absolute Gasteiger partial charge is 1.00 e. The first-order valence-electron chi connectivity index (χ1n) is 3.45. The molecule has 0 aliphatic rings. The van der Waals surface area contributed by atoms with Gasteiger partial charge in [-0.1, -0.05) is 0 Å². The van der Waals surface area contributed by atoms with E-state index < -0.39 is 37.0 Å². The zero-order chi connectivity index (χ0) is 10.6. The Morgan fingerprint density at radius 2 is 1.57 bits per heavy atom. The van der Waals surface area contributed by atoms with Crippen molar-refractivity contribution in [3.05, 3.63) is 0 Å². The van der Waals surface area contributed by atoms with Crippen LogP contribution in [0.1, 0.15) is 0 Å². The van der Waals surface area contributed by atoms with E-state index in [4.69, 9.17) is 25.5 Å². The number of hydrogen-bond acceptors (Lipinski definition) is 7.